The highest BCUT2D eigenvalue weighted by molar-refractivity contribution is 7.90. The van der Waals surface area contributed by atoms with Crippen LogP contribution in [-0.4, -0.2) is 24.6 Å². The number of aromatic amines is 1. The fraction of sp³-hybridized carbons (Fsp3) is 0.200. The SMILES string of the molecule is CS(=O)(=O)c1nc(=O)cc[nH]1. The third kappa shape index (κ3) is 1.87. The summed E-state index contributed by atoms with van der Waals surface area (Å²) in [5.41, 5.74) is -0.566. The number of nitrogens with zero attached hydrogens (tertiary/aromatic N) is 1. The highest BCUT2D eigenvalue weighted by Gasteiger charge is 2.08. The zero-order valence-corrected chi connectivity index (χ0v) is 6.55. The predicted molar refractivity (Wildman–Crippen MR) is 38.0 cm³/mol. The average molecular weight is 174 g/mol. The molecule has 1 N–H and O–H groups in total. The minimum absolute atomic E-state index is 0.301. The molecule has 0 spiro atoms. The van der Waals surface area contributed by atoms with E-state index in [1.807, 2.05) is 0 Å². The summed E-state index contributed by atoms with van der Waals surface area (Å²) < 4.78 is 21.5. The van der Waals surface area contributed by atoms with Crippen molar-refractivity contribution in [3.05, 3.63) is 22.6 Å². The molecule has 1 aromatic heterocycles. The molecular formula is C5H6N2O3S. The van der Waals surface area contributed by atoms with E-state index in [1.54, 1.807) is 0 Å². The van der Waals surface area contributed by atoms with Gasteiger partial charge in [-0.05, 0) is 0 Å². The monoisotopic (exact) mass is 174 g/mol. The van der Waals surface area contributed by atoms with Crippen molar-refractivity contribution in [3.63, 3.8) is 0 Å². The first-order valence-electron chi connectivity index (χ1n) is 2.76. The number of hydrogen-bond acceptors (Lipinski definition) is 4. The number of nitrogens with one attached hydrogen (secondary N) is 1. The number of rotatable bonds is 1. The fourth-order valence-corrected chi connectivity index (χ4v) is 1.08. The van der Waals surface area contributed by atoms with Gasteiger partial charge in [0.15, 0.2) is 0 Å². The highest BCUT2D eigenvalue weighted by atomic mass is 32.2. The lowest BCUT2D eigenvalue weighted by molar-refractivity contribution is 0.592. The van der Waals surface area contributed by atoms with Gasteiger partial charge in [-0.15, -0.1) is 0 Å². The molecule has 0 amide bonds. The second kappa shape index (κ2) is 2.46. The van der Waals surface area contributed by atoms with Crippen LogP contribution in [0, 0.1) is 0 Å². The van der Waals surface area contributed by atoms with Crippen LogP contribution < -0.4 is 5.56 Å². The van der Waals surface area contributed by atoms with Gasteiger partial charge in [-0.2, -0.15) is 4.98 Å². The van der Waals surface area contributed by atoms with E-state index in [-0.39, 0.29) is 5.16 Å². The highest BCUT2D eigenvalue weighted by Crippen LogP contribution is 1.94. The van der Waals surface area contributed by atoms with Crippen LogP contribution in [0.3, 0.4) is 0 Å². The van der Waals surface area contributed by atoms with Crippen LogP contribution in [0.15, 0.2) is 22.2 Å². The predicted octanol–water partition coefficient (Wildman–Crippen LogP) is -0.827. The van der Waals surface area contributed by atoms with Crippen molar-refractivity contribution < 1.29 is 8.42 Å². The zero-order valence-electron chi connectivity index (χ0n) is 5.73. The number of sulfone groups is 1. The normalized spacial score (nSPS) is 11.4. The van der Waals surface area contributed by atoms with E-state index in [9.17, 15) is 13.2 Å². The molecule has 5 nitrogen and oxygen atoms in total. The van der Waals surface area contributed by atoms with E-state index < -0.39 is 15.4 Å². The molecule has 0 aliphatic carbocycles. The molecule has 0 aliphatic rings. The van der Waals surface area contributed by atoms with Crippen LogP contribution in [0.2, 0.25) is 0 Å². The van der Waals surface area contributed by atoms with Gasteiger partial charge in [0, 0.05) is 18.5 Å². The van der Waals surface area contributed by atoms with Crippen LogP contribution in [-0.2, 0) is 9.84 Å². The minimum Gasteiger partial charge on any atom is -0.337 e. The molecule has 0 fully saturated rings. The van der Waals surface area contributed by atoms with Crippen molar-refractivity contribution in [1.29, 1.82) is 0 Å². The smallest absolute Gasteiger partial charge is 0.273 e. The molecule has 1 aromatic rings. The number of aromatic nitrogens is 2. The molecule has 1 rings (SSSR count). The first kappa shape index (κ1) is 7.93. The van der Waals surface area contributed by atoms with E-state index in [4.69, 9.17) is 0 Å². The Morgan fingerprint density at radius 1 is 1.55 bits per heavy atom. The van der Waals surface area contributed by atoms with Crippen molar-refractivity contribution in [3.8, 4) is 0 Å². The third-order valence-corrected chi connectivity index (χ3v) is 1.91. The molecule has 0 aliphatic heterocycles. The molecule has 1 heterocycles. The lowest BCUT2D eigenvalue weighted by Gasteiger charge is -1.92. The van der Waals surface area contributed by atoms with Gasteiger partial charge in [0.05, 0.1) is 0 Å². The maximum atomic E-state index is 10.8. The van der Waals surface area contributed by atoms with Crippen LogP contribution in [0.5, 0.6) is 0 Å². The summed E-state index contributed by atoms with van der Waals surface area (Å²) in [4.78, 5) is 16.1. The summed E-state index contributed by atoms with van der Waals surface area (Å²) in [6, 6.07) is 1.15. The van der Waals surface area contributed by atoms with Gasteiger partial charge in [0.2, 0.25) is 15.0 Å². The van der Waals surface area contributed by atoms with Crippen molar-refractivity contribution in [2.24, 2.45) is 0 Å². The maximum Gasteiger partial charge on any atom is 0.273 e. The second-order valence-electron chi connectivity index (χ2n) is 2.01. The van der Waals surface area contributed by atoms with Crippen molar-refractivity contribution in [2.75, 3.05) is 6.26 Å². The summed E-state index contributed by atoms with van der Waals surface area (Å²) >= 11 is 0. The molecule has 11 heavy (non-hydrogen) atoms. The van der Waals surface area contributed by atoms with Gasteiger partial charge < -0.3 is 4.98 Å². The molecule has 0 unspecified atom stereocenters. The fourth-order valence-electron chi connectivity index (χ4n) is 0.544. The number of H-pyrrole nitrogens is 1. The quantitative estimate of drug-likeness (QED) is 0.564. The van der Waals surface area contributed by atoms with Gasteiger partial charge in [-0.25, -0.2) is 8.42 Å². The Morgan fingerprint density at radius 2 is 2.18 bits per heavy atom. The Kier molecular flexibility index (Phi) is 1.77. The summed E-state index contributed by atoms with van der Waals surface area (Å²) in [6.45, 7) is 0. The average Bonchev–Trinajstić information content (AvgIpc) is 1.86. The Morgan fingerprint density at radius 3 is 2.55 bits per heavy atom. The molecular weight excluding hydrogens is 168 g/mol. The molecule has 0 aromatic carbocycles. The third-order valence-electron chi connectivity index (χ3n) is 0.996. The lowest BCUT2D eigenvalue weighted by Crippen LogP contribution is -2.12. The summed E-state index contributed by atoms with van der Waals surface area (Å²) in [5.74, 6) is 0. The Labute approximate surface area is 63.0 Å². The Balaban J connectivity index is 3.40. The van der Waals surface area contributed by atoms with Gasteiger partial charge in [-0.3, -0.25) is 4.79 Å². The van der Waals surface area contributed by atoms with E-state index in [2.05, 4.69) is 9.97 Å². The molecule has 0 saturated heterocycles. The first-order valence-corrected chi connectivity index (χ1v) is 4.65. The second-order valence-corrected chi connectivity index (χ2v) is 3.94. The van der Waals surface area contributed by atoms with Crippen molar-refractivity contribution in [1.82, 2.24) is 9.97 Å². The molecule has 6 heteroatoms. The molecule has 0 radical (unpaired) electrons. The lowest BCUT2D eigenvalue weighted by atomic mass is 10.7. The van der Waals surface area contributed by atoms with E-state index in [0.29, 0.717) is 0 Å². The van der Waals surface area contributed by atoms with E-state index >= 15 is 0 Å². The van der Waals surface area contributed by atoms with Gasteiger partial charge in [0.1, 0.15) is 0 Å². The Hall–Kier alpha value is -1.17. The molecule has 0 bridgehead atoms. The van der Waals surface area contributed by atoms with Crippen LogP contribution in [0.1, 0.15) is 0 Å². The van der Waals surface area contributed by atoms with Gasteiger partial charge in [0.25, 0.3) is 5.56 Å². The van der Waals surface area contributed by atoms with Gasteiger partial charge in [-0.1, -0.05) is 0 Å². The topological polar surface area (TPSA) is 79.9 Å². The first-order chi connectivity index (χ1) is 5.00. The van der Waals surface area contributed by atoms with Crippen LogP contribution >= 0.6 is 0 Å². The summed E-state index contributed by atoms with van der Waals surface area (Å²) in [6.07, 6.45) is 2.22. The van der Waals surface area contributed by atoms with E-state index in [1.165, 1.54) is 6.20 Å². The van der Waals surface area contributed by atoms with Crippen LogP contribution in [0.4, 0.5) is 0 Å². The van der Waals surface area contributed by atoms with Gasteiger partial charge >= 0.3 is 0 Å². The summed E-state index contributed by atoms with van der Waals surface area (Å²) in [5, 5.41) is -0.301. The van der Waals surface area contributed by atoms with Crippen molar-refractivity contribution in [2.45, 2.75) is 5.16 Å². The standard InChI is InChI=1S/C5H6N2O3S/c1-11(9,10)5-6-3-2-4(8)7-5/h2-3H,1H3,(H,6,7,8). The van der Waals surface area contributed by atoms with Crippen molar-refractivity contribution >= 4 is 9.84 Å². The summed E-state index contributed by atoms with van der Waals surface area (Å²) in [7, 11) is -3.39. The minimum atomic E-state index is -3.39. The molecule has 0 atom stereocenters. The largest absolute Gasteiger partial charge is 0.337 e. The zero-order chi connectivity index (χ0) is 8.48. The van der Waals surface area contributed by atoms with E-state index in [0.717, 1.165) is 12.3 Å². The molecule has 60 valence electrons. The Bertz CT molecular complexity index is 406. The maximum absolute atomic E-state index is 10.8. The number of hydrogen-bond donors (Lipinski definition) is 1. The molecule has 0 saturated carbocycles. The van der Waals surface area contributed by atoms with Crippen LogP contribution in [0.25, 0.3) is 0 Å².